The Morgan fingerprint density at radius 1 is 1.15 bits per heavy atom. The van der Waals surface area contributed by atoms with E-state index in [0.29, 0.717) is 43.7 Å². The van der Waals surface area contributed by atoms with Crippen molar-refractivity contribution < 1.29 is 23.0 Å². The molecule has 0 unspecified atom stereocenters. The molecule has 0 aromatic heterocycles. The van der Waals surface area contributed by atoms with Crippen LogP contribution < -0.4 is 10.1 Å². The summed E-state index contributed by atoms with van der Waals surface area (Å²) in [6, 6.07) is 14.3. The molecule has 1 aliphatic rings. The Bertz CT molecular complexity index is 731. The standard InChI is InChI=1S/C20H21F2NO3/c21-20(22)26-18-7-6-17(23-19(24)15-8-10-25-11-9-15)13-16(18)12-14-4-2-1-3-5-14/h1-7,13,15,20H,8-12H2,(H,23,24). The molecule has 0 aliphatic carbocycles. The molecule has 1 fully saturated rings. The molecule has 138 valence electrons. The summed E-state index contributed by atoms with van der Waals surface area (Å²) in [5, 5.41) is 2.88. The van der Waals surface area contributed by atoms with E-state index in [1.165, 1.54) is 6.07 Å². The van der Waals surface area contributed by atoms with E-state index in [9.17, 15) is 13.6 Å². The highest BCUT2D eigenvalue weighted by molar-refractivity contribution is 5.92. The van der Waals surface area contributed by atoms with Crippen LogP contribution in [0, 0.1) is 5.92 Å². The SMILES string of the molecule is O=C(Nc1ccc(OC(F)F)c(Cc2ccccc2)c1)C1CCOCC1. The molecule has 3 rings (SSSR count). The fourth-order valence-electron chi connectivity index (χ4n) is 3.03. The first-order valence-corrected chi connectivity index (χ1v) is 8.62. The van der Waals surface area contributed by atoms with Crippen LogP contribution in [0.5, 0.6) is 5.75 Å². The number of benzene rings is 2. The van der Waals surface area contributed by atoms with Gasteiger partial charge in [-0.25, -0.2) is 0 Å². The summed E-state index contributed by atoms with van der Waals surface area (Å²) < 4.78 is 35.3. The average molecular weight is 361 g/mol. The minimum absolute atomic E-state index is 0.0681. The monoisotopic (exact) mass is 361 g/mol. The summed E-state index contributed by atoms with van der Waals surface area (Å²) in [6.45, 7) is -1.73. The molecule has 4 nitrogen and oxygen atoms in total. The lowest BCUT2D eigenvalue weighted by Crippen LogP contribution is -2.28. The van der Waals surface area contributed by atoms with Gasteiger partial charge in [-0.1, -0.05) is 30.3 Å². The molecule has 1 amide bonds. The highest BCUT2D eigenvalue weighted by Gasteiger charge is 2.22. The van der Waals surface area contributed by atoms with Gasteiger partial charge in [0.2, 0.25) is 5.91 Å². The number of carbonyl (C=O) groups excluding carboxylic acids is 1. The predicted molar refractivity (Wildman–Crippen MR) is 94.5 cm³/mol. The van der Waals surface area contributed by atoms with Gasteiger partial charge in [0.15, 0.2) is 0 Å². The summed E-state index contributed by atoms with van der Waals surface area (Å²) in [7, 11) is 0. The largest absolute Gasteiger partial charge is 0.435 e. The second-order valence-electron chi connectivity index (χ2n) is 6.24. The number of rotatable bonds is 6. The molecule has 1 heterocycles. The van der Waals surface area contributed by atoms with Crippen LogP contribution >= 0.6 is 0 Å². The molecule has 26 heavy (non-hydrogen) atoms. The van der Waals surface area contributed by atoms with Crippen molar-refractivity contribution in [1.82, 2.24) is 0 Å². The molecule has 0 spiro atoms. The van der Waals surface area contributed by atoms with Gasteiger partial charge < -0.3 is 14.8 Å². The molecular weight excluding hydrogens is 340 g/mol. The number of alkyl halides is 2. The van der Waals surface area contributed by atoms with Crippen LogP contribution in [0.15, 0.2) is 48.5 Å². The molecule has 2 aromatic carbocycles. The predicted octanol–water partition coefficient (Wildman–Crippen LogP) is 4.24. The van der Waals surface area contributed by atoms with E-state index in [1.807, 2.05) is 30.3 Å². The zero-order valence-corrected chi connectivity index (χ0v) is 14.3. The molecule has 0 saturated carbocycles. The molecule has 2 aromatic rings. The van der Waals surface area contributed by atoms with Crippen LogP contribution in [0.25, 0.3) is 0 Å². The van der Waals surface area contributed by atoms with E-state index in [-0.39, 0.29) is 17.6 Å². The third kappa shape index (κ3) is 5.02. The van der Waals surface area contributed by atoms with Gasteiger partial charge in [-0.2, -0.15) is 8.78 Å². The third-order valence-corrected chi connectivity index (χ3v) is 4.37. The van der Waals surface area contributed by atoms with Gasteiger partial charge >= 0.3 is 6.61 Å². The smallest absolute Gasteiger partial charge is 0.387 e. The molecule has 1 saturated heterocycles. The second kappa shape index (κ2) is 8.76. The van der Waals surface area contributed by atoms with Gasteiger partial charge in [-0.05, 0) is 36.6 Å². The third-order valence-electron chi connectivity index (χ3n) is 4.37. The van der Waals surface area contributed by atoms with Crippen molar-refractivity contribution in [3.63, 3.8) is 0 Å². The van der Waals surface area contributed by atoms with Crippen LogP contribution in [0.4, 0.5) is 14.5 Å². The van der Waals surface area contributed by atoms with Gasteiger partial charge in [-0.3, -0.25) is 4.79 Å². The Kier molecular flexibility index (Phi) is 6.17. The Balaban J connectivity index is 1.78. The van der Waals surface area contributed by atoms with Crippen molar-refractivity contribution in [2.24, 2.45) is 5.92 Å². The van der Waals surface area contributed by atoms with Gasteiger partial charge in [0.1, 0.15) is 5.75 Å². The Morgan fingerprint density at radius 3 is 2.58 bits per heavy atom. The summed E-state index contributed by atoms with van der Waals surface area (Å²) >= 11 is 0. The lowest BCUT2D eigenvalue weighted by molar-refractivity contribution is -0.122. The molecule has 6 heteroatoms. The lowest BCUT2D eigenvalue weighted by atomic mass is 9.99. The van der Waals surface area contributed by atoms with Gasteiger partial charge in [0.05, 0.1) is 0 Å². The van der Waals surface area contributed by atoms with Crippen LogP contribution in [0.1, 0.15) is 24.0 Å². The quantitative estimate of drug-likeness (QED) is 0.837. The maximum atomic E-state index is 12.7. The van der Waals surface area contributed by atoms with Crippen molar-refractivity contribution in [2.75, 3.05) is 18.5 Å². The Hall–Kier alpha value is -2.47. The zero-order chi connectivity index (χ0) is 18.4. The maximum absolute atomic E-state index is 12.7. The molecule has 0 radical (unpaired) electrons. The van der Waals surface area contributed by atoms with Crippen LogP contribution in [0.2, 0.25) is 0 Å². The highest BCUT2D eigenvalue weighted by atomic mass is 19.3. The van der Waals surface area contributed by atoms with E-state index in [4.69, 9.17) is 4.74 Å². The number of amides is 1. The summed E-state index contributed by atoms with van der Waals surface area (Å²) in [4.78, 5) is 12.4. The van der Waals surface area contributed by atoms with E-state index in [2.05, 4.69) is 10.1 Å². The number of ether oxygens (including phenoxy) is 2. The number of anilines is 1. The first-order valence-electron chi connectivity index (χ1n) is 8.62. The zero-order valence-electron chi connectivity index (χ0n) is 14.3. The van der Waals surface area contributed by atoms with E-state index in [0.717, 1.165) is 5.56 Å². The number of hydrogen-bond donors (Lipinski definition) is 1. The Morgan fingerprint density at radius 2 is 1.88 bits per heavy atom. The minimum atomic E-state index is -2.90. The minimum Gasteiger partial charge on any atom is -0.435 e. The summed E-state index contributed by atoms with van der Waals surface area (Å²) in [5.74, 6) is -0.0345. The number of carbonyl (C=O) groups is 1. The van der Waals surface area contributed by atoms with E-state index in [1.54, 1.807) is 12.1 Å². The fraction of sp³-hybridized carbons (Fsp3) is 0.350. The second-order valence-corrected chi connectivity index (χ2v) is 6.24. The number of halogens is 2. The normalized spacial score (nSPS) is 15.0. The number of hydrogen-bond acceptors (Lipinski definition) is 3. The molecular formula is C20H21F2NO3. The fourth-order valence-corrected chi connectivity index (χ4v) is 3.03. The molecule has 0 bridgehead atoms. The van der Waals surface area contributed by atoms with Crippen molar-refractivity contribution in [3.05, 3.63) is 59.7 Å². The molecule has 1 N–H and O–H groups in total. The van der Waals surface area contributed by atoms with Crippen LogP contribution in [-0.2, 0) is 16.0 Å². The first kappa shape index (κ1) is 18.3. The topological polar surface area (TPSA) is 47.6 Å². The van der Waals surface area contributed by atoms with Crippen molar-refractivity contribution >= 4 is 11.6 Å². The van der Waals surface area contributed by atoms with E-state index >= 15 is 0 Å². The van der Waals surface area contributed by atoms with Gasteiger partial charge in [0.25, 0.3) is 0 Å². The summed E-state index contributed by atoms with van der Waals surface area (Å²) in [6.07, 6.45) is 1.81. The van der Waals surface area contributed by atoms with E-state index < -0.39 is 6.61 Å². The molecule has 0 atom stereocenters. The van der Waals surface area contributed by atoms with Crippen molar-refractivity contribution in [1.29, 1.82) is 0 Å². The summed E-state index contributed by atoms with van der Waals surface area (Å²) in [5.41, 5.74) is 2.15. The van der Waals surface area contributed by atoms with Crippen LogP contribution in [-0.4, -0.2) is 25.7 Å². The number of nitrogens with one attached hydrogen (secondary N) is 1. The van der Waals surface area contributed by atoms with Crippen LogP contribution in [0.3, 0.4) is 0 Å². The maximum Gasteiger partial charge on any atom is 0.387 e. The van der Waals surface area contributed by atoms with Gasteiger partial charge in [0, 0.05) is 36.8 Å². The highest BCUT2D eigenvalue weighted by Crippen LogP contribution is 2.28. The van der Waals surface area contributed by atoms with Crippen molar-refractivity contribution in [3.8, 4) is 5.75 Å². The first-order chi connectivity index (χ1) is 12.6. The van der Waals surface area contributed by atoms with Gasteiger partial charge in [-0.15, -0.1) is 0 Å². The molecule has 1 aliphatic heterocycles. The Labute approximate surface area is 151 Å². The lowest BCUT2D eigenvalue weighted by Gasteiger charge is -2.21. The average Bonchev–Trinajstić information content (AvgIpc) is 2.65. The van der Waals surface area contributed by atoms with Crippen molar-refractivity contribution in [2.45, 2.75) is 25.9 Å².